The van der Waals surface area contributed by atoms with Crippen LogP contribution in [0.4, 0.5) is 11.4 Å². The summed E-state index contributed by atoms with van der Waals surface area (Å²) in [5.41, 5.74) is 15.4. The van der Waals surface area contributed by atoms with Crippen LogP contribution >= 0.6 is 0 Å². The maximum absolute atomic E-state index is 6.09. The highest BCUT2D eigenvalue weighted by Crippen LogP contribution is 2.25. The Balaban J connectivity index is 2.07. The summed E-state index contributed by atoms with van der Waals surface area (Å²) in [5.74, 6) is 1.50. The van der Waals surface area contributed by atoms with Crippen molar-refractivity contribution < 1.29 is 9.47 Å². The van der Waals surface area contributed by atoms with E-state index >= 15 is 0 Å². The van der Waals surface area contributed by atoms with Gasteiger partial charge in [0.2, 0.25) is 6.29 Å². The van der Waals surface area contributed by atoms with Crippen LogP contribution in [0.25, 0.3) is 0 Å². The zero-order valence-electron chi connectivity index (χ0n) is 15.5. The van der Waals surface area contributed by atoms with Crippen molar-refractivity contribution in [2.75, 3.05) is 11.5 Å². The fraction of sp³-hybridized carbons (Fsp3) is 0.429. The van der Waals surface area contributed by atoms with E-state index in [1.54, 1.807) is 0 Å². The molecule has 25 heavy (non-hydrogen) atoms. The number of rotatable bonds is 9. The van der Waals surface area contributed by atoms with Crippen LogP contribution in [-0.4, -0.2) is 6.29 Å². The minimum absolute atomic E-state index is 0.345. The summed E-state index contributed by atoms with van der Waals surface area (Å²) < 4.78 is 12.2. The quantitative estimate of drug-likeness (QED) is 0.372. The highest BCUT2D eigenvalue weighted by Gasteiger charge is 2.13. The normalized spacial score (nSPS) is 12.0. The molecule has 0 fully saturated rings. The minimum Gasteiger partial charge on any atom is -0.455 e. The zero-order chi connectivity index (χ0) is 18.2. The van der Waals surface area contributed by atoms with Crippen molar-refractivity contribution in [3.63, 3.8) is 0 Å². The number of hydrogen-bond acceptors (Lipinski definition) is 4. The SMILES string of the molecule is CCCCCCC(Oc1ccc(N)c(C)c1)Oc1ccc(C)c(N)c1. The maximum atomic E-state index is 6.09. The molecule has 0 saturated carbocycles. The van der Waals surface area contributed by atoms with Gasteiger partial charge in [0, 0.05) is 23.9 Å². The number of anilines is 2. The summed E-state index contributed by atoms with van der Waals surface area (Å²) in [6, 6.07) is 11.4. The average molecular weight is 342 g/mol. The van der Waals surface area contributed by atoms with Crippen LogP contribution in [0.15, 0.2) is 36.4 Å². The van der Waals surface area contributed by atoms with Gasteiger partial charge in [-0.1, -0.05) is 32.3 Å². The molecule has 1 unspecified atom stereocenters. The van der Waals surface area contributed by atoms with Crippen molar-refractivity contribution in [2.45, 2.75) is 59.2 Å². The van der Waals surface area contributed by atoms with Crippen LogP contribution in [0.3, 0.4) is 0 Å². The number of benzene rings is 2. The van der Waals surface area contributed by atoms with E-state index in [0.29, 0.717) is 0 Å². The van der Waals surface area contributed by atoms with Crippen LogP contribution in [-0.2, 0) is 0 Å². The first kappa shape index (κ1) is 19.0. The fourth-order valence-corrected chi connectivity index (χ4v) is 2.60. The molecule has 0 aliphatic rings. The summed E-state index contributed by atoms with van der Waals surface area (Å²) in [6.07, 6.45) is 5.16. The molecule has 0 bridgehead atoms. The second-order valence-electron chi connectivity index (χ2n) is 6.55. The molecular formula is C21H30N2O2. The van der Waals surface area contributed by atoms with E-state index in [0.717, 1.165) is 46.8 Å². The van der Waals surface area contributed by atoms with Gasteiger partial charge in [0.05, 0.1) is 0 Å². The molecule has 0 aliphatic heterocycles. The lowest BCUT2D eigenvalue weighted by Crippen LogP contribution is -2.24. The van der Waals surface area contributed by atoms with Gasteiger partial charge >= 0.3 is 0 Å². The molecule has 0 saturated heterocycles. The van der Waals surface area contributed by atoms with Crippen LogP contribution in [0.2, 0.25) is 0 Å². The van der Waals surface area contributed by atoms with E-state index in [4.69, 9.17) is 20.9 Å². The first-order valence-corrected chi connectivity index (χ1v) is 9.05. The summed E-state index contributed by atoms with van der Waals surface area (Å²) >= 11 is 0. The number of aryl methyl sites for hydroxylation is 2. The van der Waals surface area contributed by atoms with E-state index in [9.17, 15) is 0 Å². The molecule has 2 aromatic rings. The largest absolute Gasteiger partial charge is 0.455 e. The van der Waals surface area contributed by atoms with E-state index in [1.807, 2.05) is 50.2 Å². The molecule has 4 heteroatoms. The second kappa shape index (κ2) is 9.21. The smallest absolute Gasteiger partial charge is 0.241 e. The van der Waals surface area contributed by atoms with E-state index in [2.05, 4.69) is 6.92 Å². The molecule has 0 radical (unpaired) electrons. The van der Waals surface area contributed by atoms with Crippen LogP contribution in [0.5, 0.6) is 11.5 Å². The minimum atomic E-state index is -0.345. The van der Waals surface area contributed by atoms with E-state index in [1.165, 1.54) is 19.3 Å². The van der Waals surface area contributed by atoms with Gasteiger partial charge in [0.15, 0.2) is 0 Å². The molecule has 2 aromatic carbocycles. The lowest BCUT2D eigenvalue weighted by atomic mass is 10.1. The van der Waals surface area contributed by atoms with Crippen molar-refractivity contribution in [2.24, 2.45) is 0 Å². The van der Waals surface area contributed by atoms with Gasteiger partial charge in [0.25, 0.3) is 0 Å². The van der Waals surface area contributed by atoms with Gasteiger partial charge in [-0.05, 0) is 55.7 Å². The van der Waals surface area contributed by atoms with Gasteiger partial charge in [0.1, 0.15) is 11.5 Å². The molecule has 136 valence electrons. The van der Waals surface area contributed by atoms with Gasteiger partial charge in [-0.3, -0.25) is 0 Å². The third-order valence-electron chi connectivity index (χ3n) is 4.32. The molecule has 2 rings (SSSR count). The summed E-state index contributed by atoms with van der Waals surface area (Å²) in [6.45, 7) is 6.16. The van der Waals surface area contributed by atoms with Crippen molar-refractivity contribution >= 4 is 11.4 Å². The van der Waals surface area contributed by atoms with Crippen molar-refractivity contribution in [1.29, 1.82) is 0 Å². The van der Waals surface area contributed by atoms with E-state index < -0.39 is 0 Å². The Hall–Kier alpha value is -2.36. The standard InChI is InChI=1S/C21H30N2O2/c1-4-5-6-7-8-21(24-17-11-12-19(22)16(3)13-17)25-18-10-9-15(2)20(23)14-18/h9-14,21H,4-8,22-23H2,1-3H3. The first-order chi connectivity index (χ1) is 12.0. The molecule has 0 heterocycles. The molecule has 0 spiro atoms. The predicted molar refractivity (Wildman–Crippen MR) is 105 cm³/mol. The molecule has 0 aliphatic carbocycles. The molecule has 1 atom stereocenters. The fourth-order valence-electron chi connectivity index (χ4n) is 2.60. The van der Waals surface area contributed by atoms with Gasteiger partial charge in [-0.25, -0.2) is 0 Å². The van der Waals surface area contributed by atoms with E-state index in [-0.39, 0.29) is 6.29 Å². The summed E-state index contributed by atoms with van der Waals surface area (Å²) in [5, 5.41) is 0. The highest BCUT2D eigenvalue weighted by molar-refractivity contribution is 5.51. The van der Waals surface area contributed by atoms with Crippen molar-refractivity contribution in [3.05, 3.63) is 47.5 Å². The molecule has 0 amide bonds. The van der Waals surface area contributed by atoms with Gasteiger partial charge in [-0.2, -0.15) is 0 Å². The Morgan fingerprint density at radius 2 is 1.48 bits per heavy atom. The Morgan fingerprint density at radius 3 is 2.12 bits per heavy atom. The predicted octanol–water partition coefficient (Wildman–Crippen LogP) is 5.22. The van der Waals surface area contributed by atoms with Gasteiger partial charge in [-0.15, -0.1) is 0 Å². The first-order valence-electron chi connectivity index (χ1n) is 9.05. The summed E-state index contributed by atoms with van der Waals surface area (Å²) in [7, 11) is 0. The number of nitrogen functional groups attached to an aromatic ring is 2. The van der Waals surface area contributed by atoms with Crippen molar-refractivity contribution in [1.82, 2.24) is 0 Å². The number of hydrogen-bond donors (Lipinski definition) is 2. The second-order valence-corrected chi connectivity index (χ2v) is 6.55. The van der Waals surface area contributed by atoms with Gasteiger partial charge < -0.3 is 20.9 Å². The lowest BCUT2D eigenvalue weighted by molar-refractivity contribution is -0.00241. The van der Waals surface area contributed by atoms with Crippen LogP contribution in [0, 0.1) is 13.8 Å². The third-order valence-corrected chi connectivity index (χ3v) is 4.32. The number of nitrogens with two attached hydrogens (primary N) is 2. The molecule has 4 N–H and O–H groups in total. The molecular weight excluding hydrogens is 312 g/mol. The van der Waals surface area contributed by atoms with Crippen LogP contribution < -0.4 is 20.9 Å². The topological polar surface area (TPSA) is 70.5 Å². The number of unbranched alkanes of at least 4 members (excludes halogenated alkanes) is 3. The Labute approximate surface area is 151 Å². The third kappa shape index (κ3) is 5.89. The zero-order valence-corrected chi connectivity index (χ0v) is 15.5. The Bertz CT molecular complexity index is 632. The lowest BCUT2D eigenvalue weighted by Gasteiger charge is -2.21. The average Bonchev–Trinajstić information content (AvgIpc) is 2.58. The monoisotopic (exact) mass is 342 g/mol. The van der Waals surface area contributed by atoms with Crippen LogP contribution in [0.1, 0.15) is 50.2 Å². The Kier molecular flexibility index (Phi) is 6.99. The summed E-state index contributed by atoms with van der Waals surface area (Å²) in [4.78, 5) is 0. The molecule has 0 aromatic heterocycles. The number of ether oxygens (including phenoxy) is 2. The maximum Gasteiger partial charge on any atom is 0.241 e. The molecule has 4 nitrogen and oxygen atoms in total. The highest BCUT2D eigenvalue weighted by atomic mass is 16.7. The van der Waals surface area contributed by atoms with Crippen molar-refractivity contribution in [3.8, 4) is 11.5 Å². The Morgan fingerprint density at radius 1 is 0.800 bits per heavy atom.